The van der Waals surface area contributed by atoms with E-state index in [0.29, 0.717) is 10.7 Å². The summed E-state index contributed by atoms with van der Waals surface area (Å²) in [4.78, 5) is 15.3. The lowest BCUT2D eigenvalue weighted by atomic mass is 10.1. The Morgan fingerprint density at radius 3 is 2.78 bits per heavy atom. The van der Waals surface area contributed by atoms with Crippen molar-refractivity contribution in [3.63, 3.8) is 0 Å². The van der Waals surface area contributed by atoms with Gasteiger partial charge in [-0.2, -0.15) is 0 Å². The quantitative estimate of drug-likeness (QED) is 0.889. The standard InChI is InChI=1S/C13H11ClN2O2/c1-8-11(3-2-6-15-8)16-12-5-4-9(14)7-10(12)13(17)18/h2-7,16H,1H3,(H,17,18). The minimum Gasteiger partial charge on any atom is -0.478 e. The number of nitrogens with zero attached hydrogens (tertiary/aromatic N) is 1. The third kappa shape index (κ3) is 2.60. The van der Waals surface area contributed by atoms with Crippen molar-refractivity contribution in [1.82, 2.24) is 4.98 Å². The SMILES string of the molecule is Cc1ncccc1Nc1ccc(Cl)cc1C(=O)O. The number of pyridine rings is 1. The molecule has 0 aliphatic heterocycles. The van der Waals surface area contributed by atoms with E-state index in [2.05, 4.69) is 10.3 Å². The van der Waals surface area contributed by atoms with Gasteiger partial charge in [-0.15, -0.1) is 0 Å². The minimum absolute atomic E-state index is 0.130. The Morgan fingerprint density at radius 2 is 2.11 bits per heavy atom. The third-order valence-electron chi connectivity index (χ3n) is 2.49. The monoisotopic (exact) mass is 262 g/mol. The average molecular weight is 263 g/mol. The lowest BCUT2D eigenvalue weighted by Gasteiger charge is -2.11. The molecule has 2 aromatic rings. The maximum absolute atomic E-state index is 11.1. The number of anilines is 2. The van der Waals surface area contributed by atoms with Gasteiger partial charge in [0.15, 0.2) is 0 Å². The molecule has 1 heterocycles. The molecule has 0 amide bonds. The van der Waals surface area contributed by atoms with Crippen LogP contribution in [0.1, 0.15) is 16.1 Å². The number of nitrogens with one attached hydrogen (secondary N) is 1. The third-order valence-corrected chi connectivity index (χ3v) is 2.72. The van der Waals surface area contributed by atoms with E-state index < -0.39 is 5.97 Å². The Kier molecular flexibility index (Phi) is 3.48. The summed E-state index contributed by atoms with van der Waals surface area (Å²) in [5.74, 6) is -1.03. The Hall–Kier alpha value is -2.07. The molecule has 1 aromatic carbocycles. The second-order valence-electron chi connectivity index (χ2n) is 3.76. The molecule has 2 N–H and O–H groups in total. The van der Waals surface area contributed by atoms with Gasteiger partial charge in [-0.1, -0.05) is 11.6 Å². The number of aryl methyl sites for hydroxylation is 1. The van der Waals surface area contributed by atoms with Gasteiger partial charge in [0.25, 0.3) is 0 Å². The molecule has 0 radical (unpaired) electrons. The molecule has 1 aromatic heterocycles. The van der Waals surface area contributed by atoms with E-state index in [1.165, 1.54) is 6.07 Å². The number of carboxylic acids is 1. The molecule has 18 heavy (non-hydrogen) atoms. The van der Waals surface area contributed by atoms with E-state index in [1.54, 1.807) is 24.4 Å². The van der Waals surface area contributed by atoms with Crippen molar-refractivity contribution in [3.05, 3.63) is 52.8 Å². The number of halogens is 1. The number of hydrogen-bond acceptors (Lipinski definition) is 3. The fourth-order valence-corrected chi connectivity index (χ4v) is 1.74. The van der Waals surface area contributed by atoms with Crippen molar-refractivity contribution in [3.8, 4) is 0 Å². The van der Waals surface area contributed by atoms with E-state index in [1.807, 2.05) is 13.0 Å². The molecule has 0 unspecified atom stereocenters. The van der Waals surface area contributed by atoms with Gasteiger partial charge < -0.3 is 10.4 Å². The molecular formula is C13H11ClN2O2. The normalized spacial score (nSPS) is 10.1. The van der Waals surface area contributed by atoms with Crippen molar-refractivity contribution < 1.29 is 9.90 Å². The van der Waals surface area contributed by atoms with Crippen molar-refractivity contribution in [2.75, 3.05) is 5.32 Å². The van der Waals surface area contributed by atoms with Crippen LogP contribution in [0.15, 0.2) is 36.5 Å². The zero-order chi connectivity index (χ0) is 13.1. The van der Waals surface area contributed by atoms with Crippen molar-refractivity contribution in [2.24, 2.45) is 0 Å². The predicted molar refractivity (Wildman–Crippen MR) is 70.7 cm³/mol. The summed E-state index contributed by atoms with van der Waals surface area (Å²) in [6, 6.07) is 8.31. The molecule has 0 spiro atoms. The lowest BCUT2D eigenvalue weighted by molar-refractivity contribution is 0.0698. The van der Waals surface area contributed by atoms with E-state index in [0.717, 1.165) is 11.4 Å². The fraction of sp³-hybridized carbons (Fsp3) is 0.0769. The summed E-state index contributed by atoms with van der Waals surface area (Å²) in [6.07, 6.45) is 1.68. The molecule has 0 saturated carbocycles. The summed E-state index contributed by atoms with van der Waals surface area (Å²) in [5.41, 5.74) is 2.18. The van der Waals surface area contributed by atoms with Crippen LogP contribution in [0.4, 0.5) is 11.4 Å². The van der Waals surface area contributed by atoms with Crippen LogP contribution in [-0.4, -0.2) is 16.1 Å². The number of rotatable bonds is 3. The first-order chi connectivity index (χ1) is 8.58. The lowest BCUT2D eigenvalue weighted by Crippen LogP contribution is -2.03. The van der Waals surface area contributed by atoms with Crippen molar-refractivity contribution in [2.45, 2.75) is 6.92 Å². The van der Waals surface area contributed by atoms with Crippen molar-refractivity contribution in [1.29, 1.82) is 0 Å². The molecule has 2 rings (SSSR count). The molecular weight excluding hydrogens is 252 g/mol. The Balaban J connectivity index is 2.41. The van der Waals surface area contributed by atoms with E-state index >= 15 is 0 Å². The van der Waals surface area contributed by atoms with Crippen LogP contribution >= 0.6 is 11.6 Å². The number of aromatic carboxylic acids is 1. The molecule has 0 atom stereocenters. The molecule has 0 fully saturated rings. The second-order valence-corrected chi connectivity index (χ2v) is 4.19. The first-order valence-electron chi connectivity index (χ1n) is 5.29. The van der Waals surface area contributed by atoms with Crippen LogP contribution in [0.25, 0.3) is 0 Å². The van der Waals surface area contributed by atoms with Gasteiger partial charge in [-0.3, -0.25) is 4.98 Å². The molecule has 92 valence electrons. The summed E-state index contributed by atoms with van der Waals surface area (Å²) in [7, 11) is 0. The maximum Gasteiger partial charge on any atom is 0.337 e. The zero-order valence-corrected chi connectivity index (χ0v) is 10.4. The molecule has 0 aliphatic rings. The topological polar surface area (TPSA) is 62.2 Å². The smallest absolute Gasteiger partial charge is 0.337 e. The van der Waals surface area contributed by atoms with Crippen LogP contribution < -0.4 is 5.32 Å². The molecule has 5 heteroatoms. The van der Waals surface area contributed by atoms with Crippen LogP contribution in [0.3, 0.4) is 0 Å². The molecule has 4 nitrogen and oxygen atoms in total. The number of carboxylic acid groups (broad SMARTS) is 1. The summed E-state index contributed by atoms with van der Waals surface area (Å²) in [6.45, 7) is 1.85. The number of aromatic nitrogens is 1. The summed E-state index contributed by atoms with van der Waals surface area (Å²) in [5, 5.41) is 12.6. The van der Waals surface area contributed by atoms with E-state index in [9.17, 15) is 4.79 Å². The Bertz CT molecular complexity index is 599. The van der Waals surface area contributed by atoms with E-state index in [4.69, 9.17) is 16.7 Å². The fourth-order valence-electron chi connectivity index (χ4n) is 1.56. The summed E-state index contributed by atoms with van der Waals surface area (Å²) >= 11 is 5.79. The van der Waals surface area contributed by atoms with Crippen molar-refractivity contribution >= 4 is 28.9 Å². The number of hydrogen-bond donors (Lipinski definition) is 2. The highest BCUT2D eigenvalue weighted by molar-refractivity contribution is 6.31. The Morgan fingerprint density at radius 1 is 1.33 bits per heavy atom. The van der Waals surface area contributed by atoms with Gasteiger partial charge in [0, 0.05) is 11.2 Å². The minimum atomic E-state index is -1.03. The van der Waals surface area contributed by atoms with Crippen LogP contribution in [-0.2, 0) is 0 Å². The van der Waals surface area contributed by atoms with Gasteiger partial charge >= 0.3 is 5.97 Å². The largest absolute Gasteiger partial charge is 0.478 e. The van der Waals surface area contributed by atoms with Gasteiger partial charge in [-0.25, -0.2) is 4.79 Å². The zero-order valence-electron chi connectivity index (χ0n) is 9.64. The van der Waals surface area contributed by atoms with Gasteiger partial charge in [0.05, 0.1) is 22.6 Å². The Labute approximate surface area is 109 Å². The average Bonchev–Trinajstić information content (AvgIpc) is 2.34. The highest BCUT2D eigenvalue weighted by Crippen LogP contribution is 2.25. The number of carbonyl (C=O) groups is 1. The molecule has 0 saturated heterocycles. The highest BCUT2D eigenvalue weighted by Gasteiger charge is 2.11. The second kappa shape index (κ2) is 5.06. The van der Waals surface area contributed by atoms with Crippen LogP contribution in [0.2, 0.25) is 5.02 Å². The maximum atomic E-state index is 11.1. The first-order valence-corrected chi connectivity index (χ1v) is 5.67. The van der Waals surface area contributed by atoms with Gasteiger partial charge in [-0.05, 0) is 37.3 Å². The van der Waals surface area contributed by atoms with Crippen LogP contribution in [0.5, 0.6) is 0 Å². The molecule has 0 aliphatic carbocycles. The summed E-state index contributed by atoms with van der Waals surface area (Å²) < 4.78 is 0. The first kappa shape index (κ1) is 12.4. The molecule has 0 bridgehead atoms. The van der Waals surface area contributed by atoms with Crippen LogP contribution in [0, 0.1) is 6.92 Å². The van der Waals surface area contributed by atoms with Gasteiger partial charge in [0.2, 0.25) is 0 Å². The highest BCUT2D eigenvalue weighted by atomic mass is 35.5. The van der Waals surface area contributed by atoms with E-state index in [-0.39, 0.29) is 5.56 Å². The predicted octanol–water partition coefficient (Wildman–Crippen LogP) is 3.49. The number of benzene rings is 1. The van der Waals surface area contributed by atoms with Gasteiger partial charge in [0.1, 0.15) is 0 Å².